The summed E-state index contributed by atoms with van der Waals surface area (Å²) in [5, 5.41) is 3.29. The molecule has 3 aromatic rings. The average molecular weight is 410 g/mol. The second kappa shape index (κ2) is 9.68. The highest BCUT2D eigenvalue weighted by molar-refractivity contribution is 7.58. The van der Waals surface area contributed by atoms with Gasteiger partial charge in [-0.25, -0.2) is 9.97 Å². The molecule has 0 amide bonds. The van der Waals surface area contributed by atoms with Crippen LogP contribution in [-0.2, 0) is 15.3 Å². The van der Waals surface area contributed by atoms with Crippen LogP contribution in [-0.4, -0.2) is 22.7 Å². The second-order valence-corrected chi connectivity index (χ2v) is 9.50. The number of nitrogens with zero attached hydrogens (tertiary/aromatic N) is 2. The Morgan fingerprint density at radius 3 is 2.55 bits per heavy atom. The van der Waals surface area contributed by atoms with Crippen LogP contribution in [0.4, 0.5) is 17.2 Å². The van der Waals surface area contributed by atoms with Gasteiger partial charge in [0.25, 0.3) is 0 Å². The molecule has 1 atom stereocenters. The molecule has 0 bridgehead atoms. The molecule has 6 nitrogen and oxygen atoms in total. The molecule has 152 valence electrons. The van der Waals surface area contributed by atoms with Crippen molar-refractivity contribution in [3.05, 3.63) is 66.5 Å². The molecule has 0 aliphatic heterocycles. The van der Waals surface area contributed by atoms with Gasteiger partial charge < -0.3 is 15.6 Å². The number of nitrogens with two attached hydrogens (primary N) is 1. The number of benzene rings is 2. The van der Waals surface area contributed by atoms with Crippen LogP contribution in [0.2, 0.25) is 0 Å². The number of anilines is 3. The van der Waals surface area contributed by atoms with E-state index < -0.39 is 7.37 Å². The van der Waals surface area contributed by atoms with Gasteiger partial charge in [-0.3, -0.25) is 4.57 Å². The van der Waals surface area contributed by atoms with E-state index in [1.165, 1.54) is 6.33 Å². The minimum Gasteiger partial charge on any atom is -0.399 e. The fourth-order valence-corrected chi connectivity index (χ4v) is 5.46. The van der Waals surface area contributed by atoms with Crippen molar-refractivity contribution < 1.29 is 9.09 Å². The van der Waals surface area contributed by atoms with Crippen molar-refractivity contribution in [2.45, 2.75) is 26.4 Å². The Balaban J connectivity index is 1.71. The molecule has 0 spiro atoms. The highest BCUT2D eigenvalue weighted by atomic mass is 31.2. The summed E-state index contributed by atoms with van der Waals surface area (Å²) in [6.45, 7) is 4.38. The lowest BCUT2D eigenvalue weighted by molar-refractivity contribution is 0.332. The Bertz CT molecular complexity index is 982. The maximum absolute atomic E-state index is 12.9. The number of hydrogen-bond donors (Lipinski definition) is 2. The van der Waals surface area contributed by atoms with Crippen molar-refractivity contribution in [1.29, 1.82) is 0 Å². The summed E-state index contributed by atoms with van der Waals surface area (Å²) in [4.78, 5) is 8.63. The Kier molecular flexibility index (Phi) is 7.02. The summed E-state index contributed by atoms with van der Waals surface area (Å²) in [5.74, 6) is 0.691. The van der Waals surface area contributed by atoms with Gasteiger partial charge in [0.1, 0.15) is 12.1 Å². The van der Waals surface area contributed by atoms with Gasteiger partial charge in [-0.2, -0.15) is 0 Å². The first kappa shape index (κ1) is 21.0. The molecular formula is C22H27N4O2P. The molecule has 7 heteroatoms. The maximum Gasteiger partial charge on any atom is 0.207 e. The first-order chi connectivity index (χ1) is 14.0. The molecule has 0 radical (unpaired) electrons. The first-order valence-electron chi connectivity index (χ1n) is 9.78. The minimum absolute atomic E-state index is 0.460. The minimum atomic E-state index is -2.62. The zero-order valence-corrected chi connectivity index (χ0v) is 17.7. The lowest BCUT2D eigenvalue weighted by Gasteiger charge is -2.17. The van der Waals surface area contributed by atoms with E-state index in [9.17, 15) is 4.57 Å². The molecule has 1 heterocycles. The van der Waals surface area contributed by atoms with E-state index in [1.807, 2.05) is 68.4 Å². The van der Waals surface area contributed by atoms with Crippen molar-refractivity contribution in [3.8, 4) is 11.3 Å². The predicted molar refractivity (Wildman–Crippen MR) is 120 cm³/mol. The summed E-state index contributed by atoms with van der Waals surface area (Å²) in [5.41, 5.74) is 10.2. The van der Waals surface area contributed by atoms with E-state index in [0.29, 0.717) is 30.4 Å². The van der Waals surface area contributed by atoms with Crippen LogP contribution in [0.3, 0.4) is 0 Å². The topological polar surface area (TPSA) is 90.1 Å². The second-order valence-electron chi connectivity index (χ2n) is 6.85. The van der Waals surface area contributed by atoms with Gasteiger partial charge in [0.15, 0.2) is 0 Å². The van der Waals surface area contributed by atoms with Gasteiger partial charge in [0.05, 0.1) is 12.3 Å². The number of hydrogen-bond acceptors (Lipinski definition) is 6. The molecule has 0 saturated heterocycles. The quantitative estimate of drug-likeness (QED) is 0.348. The van der Waals surface area contributed by atoms with Gasteiger partial charge in [0.2, 0.25) is 7.37 Å². The van der Waals surface area contributed by atoms with E-state index in [4.69, 9.17) is 10.3 Å². The molecule has 1 unspecified atom stereocenters. The van der Waals surface area contributed by atoms with Gasteiger partial charge in [-0.05, 0) is 43.2 Å². The van der Waals surface area contributed by atoms with Crippen LogP contribution >= 0.6 is 7.37 Å². The zero-order chi connectivity index (χ0) is 20.7. The smallest absolute Gasteiger partial charge is 0.207 e. The van der Waals surface area contributed by atoms with Crippen molar-refractivity contribution in [2.75, 3.05) is 23.8 Å². The summed E-state index contributed by atoms with van der Waals surface area (Å²) < 4.78 is 18.5. The first-order valence-corrected chi connectivity index (χ1v) is 11.8. The van der Waals surface area contributed by atoms with Crippen LogP contribution in [0, 0.1) is 0 Å². The Labute approximate surface area is 172 Å². The third-order valence-electron chi connectivity index (χ3n) is 4.43. The van der Waals surface area contributed by atoms with E-state index in [0.717, 1.165) is 28.9 Å². The lowest BCUT2D eigenvalue weighted by atomic mass is 10.1. The number of nitrogen functional groups attached to an aromatic ring is 1. The van der Waals surface area contributed by atoms with Crippen LogP contribution in [0.1, 0.15) is 25.8 Å². The van der Waals surface area contributed by atoms with Crippen LogP contribution in [0.5, 0.6) is 0 Å². The molecule has 3 rings (SSSR count). The fourth-order valence-electron chi connectivity index (χ4n) is 3.17. The van der Waals surface area contributed by atoms with Crippen LogP contribution in [0.15, 0.2) is 60.9 Å². The Morgan fingerprint density at radius 2 is 1.86 bits per heavy atom. The van der Waals surface area contributed by atoms with E-state index in [-0.39, 0.29) is 0 Å². The Morgan fingerprint density at radius 1 is 1.07 bits per heavy atom. The van der Waals surface area contributed by atoms with Gasteiger partial charge in [-0.15, -0.1) is 0 Å². The van der Waals surface area contributed by atoms with Gasteiger partial charge in [0, 0.05) is 35.3 Å². The summed E-state index contributed by atoms with van der Waals surface area (Å²) in [6, 6.07) is 17.3. The normalized spacial score (nSPS) is 13.0. The molecule has 0 aliphatic rings. The summed E-state index contributed by atoms with van der Waals surface area (Å²) in [7, 11) is -2.62. The third-order valence-corrected chi connectivity index (χ3v) is 7.13. The third kappa shape index (κ3) is 5.89. The van der Waals surface area contributed by atoms with Crippen LogP contribution < -0.4 is 11.1 Å². The summed E-state index contributed by atoms with van der Waals surface area (Å²) >= 11 is 0. The van der Waals surface area contributed by atoms with Crippen molar-refractivity contribution in [1.82, 2.24) is 9.97 Å². The van der Waals surface area contributed by atoms with E-state index >= 15 is 0 Å². The molecule has 0 aliphatic carbocycles. The molecule has 3 N–H and O–H groups in total. The van der Waals surface area contributed by atoms with Gasteiger partial charge in [-0.1, -0.05) is 31.2 Å². The van der Waals surface area contributed by atoms with Crippen molar-refractivity contribution >= 4 is 24.6 Å². The molecule has 0 saturated carbocycles. The van der Waals surface area contributed by atoms with Crippen LogP contribution in [0.25, 0.3) is 11.3 Å². The fraction of sp³-hybridized carbons (Fsp3) is 0.273. The van der Waals surface area contributed by atoms with Crippen molar-refractivity contribution in [3.63, 3.8) is 0 Å². The average Bonchev–Trinajstić information content (AvgIpc) is 2.70. The molecule has 2 aromatic carbocycles. The summed E-state index contributed by atoms with van der Waals surface area (Å²) in [6.07, 6.45) is 3.44. The highest BCUT2D eigenvalue weighted by Crippen LogP contribution is 2.50. The number of aromatic nitrogens is 2. The largest absolute Gasteiger partial charge is 0.399 e. The highest BCUT2D eigenvalue weighted by Gasteiger charge is 2.21. The number of rotatable bonds is 9. The standard InChI is InChI=1S/C22H27N4O2P/c1-3-12-29(27,28-4-2)15-17-8-10-20(11-9-17)26-22-14-21(24-16-25-22)18-6-5-7-19(23)13-18/h5-11,13-14,16H,3-4,12,15,23H2,1-2H3,(H,24,25,26). The maximum atomic E-state index is 12.9. The lowest BCUT2D eigenvalue weighted by Crippen LogP contribution is -1.99. The molecular weight excluding hydrogens is 383 g/mol. The SMILES string of the molecule is CCCP(=O)(Cc1ccc(Nc2cc(-c3cccc(N)c3)ncn2)cc1)OCC. The monoisotopic (exact) mass is 410 g/mol. The van der Waals surface area contributed by atoms with Crippen molar-refractivity contribution in [2.24, 2.45) is 0 Å². The Hall–Kier alpha value is -2.69. The molecule has 29 heavy (non-hydrogen) atoms. The molecule has 1 aromatic heterocycles. The zero-order valence-electron chi connectivity index (χ0n) is 16.8. The molecule has 0 fully saturated rings. The van der Waals surface area contributed by atoms with E-state index in [1.54, 1.807) is 0 Å². The predicted octanol–water partition coefficient (Wildman–Crippen LogP) is 5.69. The number of nitrogens with one attached hydrogen (secondary N) is 1. The van der Waals surface area contributed by atoms with E-state index in [2.05, 4.69) is 15.3 Å². The van der Waals surface area contributed by atoms with Gasteiger partial charge >= 0.3 is 0 Å².